The molecule has 1 aliphatic carbocycles. The first-order valence-corrected chi connectivity index (χ1v) is 7.15. The second-order valence-corrected chi connectivity index (χ2v) is 5.40. The Morgan fingerprint density at radius 1 is 1.26 bits per heavy atom. The van der Waals surface area contributed by atoms with Crippen LogP contribution in [-0.2, 0) is 0 Å². The van der Waals surface area contributed by atoms with Gasteiger partial charge < -0.3 is 16.2 Å². The molecule has 0 aliphatic heterocycles. The van der Waals surface area contributed by atoms with Gasteiger partial charge in [-0.3, -0.25) is 0 Å². The maximum absolute atomic E-state index is 10.5. The van der Waals surface area contributed by atoms with E-state index in [1.165, 1.54) is 6.42 Å². The average Bonchev–Trinajstić information content (AvgIpc) is 2.44. The monoisotopic (exact) mass is 260 g/mol. The Morgan fingerprint density at radius 3 is 2.79 bits per heavy atom. The van der Waals surface area contributed by atoms with E-state index >= 15 is 0 Å². The summed E-state index contributed by atoms with van der Waals surface area (Å²) in [6.07, 6.45) is 9.30. The van der Waals surface area contributed by atoms with E-state index in [2.05, 4.69) is 11.4 Å². The summed E-state index contributed by atoms with van der Waals surface area (Å²) >= 11 is 0. The molecular weight excluding hydrogens is 236 g/mol. The van der Waals surface area contributed by atoms with Crippen LogP contribution in [0.15, 0.2) is 30.3 Å². The molecule has 104 valence electrons. The Balaban J connectivity index is 1.93. The number of hydrogen-bond acceptors (Lipinski definition) is 3. The number of benzene rings is 1. The lowest BCUT2D eigenvalue weighted by atomic mass is 9.85. The van der Waals surface area contributed by atoms with Gasteiger partial charge in [-0.1, -0.05) is 43.5 Å². The number of hydrogen-bond donors (Lipinski definition) is 3. The molecule has 3 nitrogen and oxygen atoms in total. The number of aliphatic hydroxyl groups is 1. The molecule has 1 aromatic rings. The van der Waals surface area contributed by atoms with E-state index in [1.807, 2.05) is 30.4 Å². The number of rotatable bonds is 5. The fourth-order valence-electron chi connectivity index (χ4n) is 2.61. The van der Waals surface area contributed by atoms with Crippen LogP contribution in [0.3, 0.4) is 0 Å². The Morgan fingerprint density at radius 2 is 2.05 bits per heavy atom. The van der Waals surface area contributed by atoms with Crippen LogP contribution in [0.4, 0.5) is 5.69 Å². The van der Waals surface area contributed by atoms with Crippen LogP contribution in [0.25, 0.3) is 6.08 Å². The molecule has 0 bridgehead atoms. The van der Waals surface area contributed by atoms with E-state index < -0.39 is 5.60 Å². The smallest absolute Gasteiger partial charge is 0.0819 e. The van der Waals surface area contributed by atoms with Gasteiger partial charge in [-0.2, -0.15) is 0 Å². The third-order valence-electron chi connectivity index (χ3n) is 3.74. The maximum Gasteiger partial charge on any atom is 0.0819 e. The fraction of sp³-hybridized carbons (Fsp3) is 0.500. The maximum atomic E-state index is 10.5. The molecule has 0 aromatic heterocycles. The van der Waals surface area contributed by atoms with Crippen molar-refractivity contribution in [3.8, 4) is 0 Å². The quantitative estimate of drug-likeness (QED) is 0.763. The largest absolute Gasteiger partial charge is 0.388 e. The Labute approximate surface area is 115 Å². The first-order chi connectivity index (χ1) is 9.22. The van der Waals surface area contributed by atoms with Crippen molar-refractivity contribution in [2.45, 2.75) is 37.7 Å². The molecule has 3 heteroatoms. The number of nitrogens with two attached hydrogens (primary N) is 1. The van der Waals surface area contributed by atoms with Crippen molar-refractivity contribution in [3.63, 3.8) is 0 Å². The van der Waals surface area contributed by atoms with E-state index in [9.17, 15) is 5.11 Å². The SMILES string of the molecule is NC/C=C/c1cccc(NCC2(O)CCCCC2)c1. The van der Waals surface area contributed by atoms with Crippen molar-refractivity contribution < 1.29 is 5.11 Å². The standard InChI is InChI=1S/C16H24N2O/c17-11-5-7-14-6-4-8-15(12-14)18-13-16(19)9-2-1-3-10-16/h4-8,12,18-19H,1-3,9-11,13,17H2/b7-5+. The molecule has 2 rings (SSSR count). The first kappa shape index (κ1) is 14.1. The summed E-state index contributed by atoms with van der Waals surface area (Å²) in [6.45, 7) is 1.19. The average molecular weight is 260 g/mol. The predicted molar refractivity (Wildman–Crippen MR) is 81.1 cm³/mol. The third kappa shape index (κ3) is 4.37. The minimum absolute atomic E-state index is 0.526. The second-order valence-electron chi connectivity index (χ2n) is 5.40. The van der Waals surface area contributed by atoms with Crippen molar-refractivity contribution in [1.82, 2.24) is 0 Å². The molecular formula is C16H24N2O. The minimum Gasteiger partial charge on any atom is -0.388 e. The van der Waals surface area contributed by atoms with Crippen LogP contribution in [0.5, 0.6) is 0 Å². The predicted octanol–water partition coefficient (Wildman–Crippen LogP) is 2.77. The van der Waals surface area contributed by atoms with Crippen molar-refractivity contribution in [2.75, 3.05) is 18.4 Å². The molecule has 4 N–H and O–H groups in total. The van der Waals surface area contributed by atoms with Gasteiger partial charge in [0.15, 0.2) is 0 Å². The normalized spacial score (nSPS) is 18.6. The lowest BCUT2D eigenvalue weighted by molar-refractivity contribution is 0.0167. The summed E-state index contributed by atoms with van der Waals surface area (Å²) in [5.41, 5.74) is 7.11. The van der Waals surface area contributed by atoms with E-state index in [-0.39, 0.29) is 0 Å². The molecule has 0 heterocycles. The van der Waals surface area contributed by atoms with E-state index in [0.29, 0.717) is 13.1 Å². The lowest BCUT2D eigenvalue weighted by Crippen LogP contribution is -2.38. The van der Waals surface area contributed by atoms with Gasteiger partial charge in [0.25, 0.3) is 0 Å². The molecule has 1 fully saturated rings. The van der Waals surface area contributed by atoms with Gasteiger partial charge in [-0.15, -0.1) is 0 Å². The number of nitrogens with one attached hydrogen (secondary N) is 1. The molecule has 0 unspecified atom stereocenters. The van der Waals surface area contributed by atoms with Crippen molar-refractivity contribution in [3.05, 3.63) is 35.9 Å². The number of anilines is 1. The third-order valence-corrected chi connectivity index (χ3v) is 3.74. The molecule has 1 aliphatic rings. The zero-order valence-electron chi connectivity index (χ0n) is 11.4. The highest BCUT2D eigenvalue weighted by Gasteiger charge is 2.28. The molecule has 0 saturated heterocycles. The molecule has 1 saturated carbocycles. The fourth-order valence-corrected chi connectivity index (χ4v) is 2.61. The van der Waals surface area contributed by atoms with E-state index in [1.54, 1.807) is 0 Å². The van der Waals surface area contributed by atoms with Gasteiger partial charge in [0, 0.05) is 18.8 Å². The van der Waals surface area contributed by atoms with E-state index in [4.69, 9.17) is 5.73 Å². The van der Waals surface area contributed by atoms with Gasteiger partial charge in [0.05, 0.1) is 5.60 Å². The van der Waals surface area contributed by atoms with Gasteiger partial charge in [-0.25, -0.2) is 0 Å². The zero-order chi connectivity index (χ0) is 13.6. The van der Waals surface area contributed by atoms with Crippen LogP contribution in [-0.4, -0.2) is 23.8 Å². The second kappa shape index (κ2) is 6.73. The van der Waals surface area contributed by atoms with Crippen LogP contribution >= 0.6 is 0 Å². The van der Waals surface area contributed by atoms with Crippen molar-refractivity contribution in [2.24, 2.45) is 5.73 Å². The molecule has 0 amide bonds. The Bertz CT molecular complexity index is 423. The highest BCUT2D eigenvalue weighted by atomic mass is 16.3. The Kier molecular flexibility index (Phi) is 5.00. The molecule has 0 atom stereocenters. The summed E-state index contributed by atoms with van der Waals surface area (Å²) in [6, 6.07) is 8.18. The highest BCUT2D eigenvalue weighted by molar-refractivity contribution is 5.57. The van der Waals surface area contributed by atoms with Crippen LogP contribution in [0, 0.1) is 0 Å². The van der Waals surface area contributed by atoms with Crippen molar-refractivity contribution >= 4 is 11.8 Å². The van der Waals surface area contributed by atoms with Gasteiger partial charge >= 0.3 is 0 Å². The summed E-state index contributed by atoms with van der Waals surface area (Å²) in [7, 11) is 0. The summed E-state index contributed by atoms with van der Waals surface area (Å²) in [5.74, 6) is 0. The minimum atomic E-state index is -0.526. The molecule has 19 heavy (non-hydrogen) atoms. The van der Waals surface area contributed by atoms with Gasteiger partial charge in [0.1, 0.15) is 0 Å². The van der Waals surface area contributed by atoms with Gasteiger partial charge in [-0.05, 0) is 30.5 Å². The Hall–Kier alpha value is -1.32. The summed E-state index contributed by atoms with van der Waals surface area (Å²) in [5, 5.41) is 13.8. The van der Waals surface area contributed by atoms with E-state index in [0.717, 1.165) is 36.9 Å². The first-order valence-electron chi connectivity index (χ1n) is 7.15. The van der Waals surface area contributed by atoms with Crippen LogP contribution in [0.2, 0.25) is 0 Å². The topological polar surface area (TPSA) is 58.3 Å². The summed E-state index contributed by atoms with van der Waals surface area (Å²) in [4.78, 5) is 0. The van der Waals surface area contributed by atoms with Crippen LogP contribution in [0.1, 0.15) is 37.7 Å². The highest BCUT2D eigenvalue weighted by Crippen LogP contribution is 2.28. The zero-order valence-corrected chi connectivity index (χ0v) is 11.4. The lowest BCUT2D eigenvalue weighted by Gasteiger charge is -2.32. The van der Waals surface area contributed by atoms with Gasteiger partial charge in [0.2, 0.25) is 0 Å². The van der Waals surface area contributed by atoms with Crippen molar-refractivity contribution in [1.29, 1.82) is 0 Å². The molecule has 1 aromatic carbocycles. The summed E-state index contributed by atoms with van der Waals surface area (Å²) < 4.78 is 0. The molecule has 0 spiro atoms. The van der Waals surface area contributed by atoms with Crippen LogP contribution < -0.4 is 11.1 Å². The molecule has 0 radical (unpaired) electrons.